The highest BCUT2D eigenvalue weighted by Crippen LogP contribution is 2.12. The minimum Gasteiger partial charge on any atom is -0.452 e. The lowest BCUT2D eigenvalue weighted by atomic mass is 10.0. The smallest absolute Gasteiger partial charge is 0.306 e. The van der Waals surface area contributed by atoms with Crippen LogP contribution in [0.4, 0.5) is 0 Å². The topological polar surface area (TPSA) is 26.3 Å². The molecular formula is C19H34O2. The molecule has 0 fully saturated rings. The van der Waals surface area contributed by atoms with E-state index >= 15 is 0 Å². The molecule has 0 aliphatic heterocycles. The first-order valence-corrected chi connectivity index (χ1v) is 8.90. The van der Waals surface area contributed by atoms with E-state index in [-0.39, 0.29) is 12.6 Å². The van der Waals surface area contributed by atoms with Crippen molar-refractivity contribution in [1.29, 1.82) is 0 Å². The third-order valence-corrected chi connectivity index (χ3v) is 3.80. The number of rotatable bonds is 15. The van der Waals surface area contributed by atoms with E-state index in [1.165, 1.54) is 70.6 Å². The van der Waals surface area contributed by atoms with Crippen LogP contribution in [0, 0.1) is 12.3 Å². The molecule has 2 nitrogen and oxygen atoms in total. The highest BCUT2D eigenvalue weighted by molar-refractivity contribution is 5.69. The molecule has 0 N–H and O–H groups in total. The molecule has 0 bridgehead atoms. The summed E-state index contributed by atoms with van der Waals surface area (Å²) >= 11 is 0. The van der Waals surface area contributed by atoms with E-state index in [1.54, 1.807) is 0 Å². The molecule has 0 aromatic rings. The number of hydrogen-bond acceptors (Lipinski definition) is 2. The van der Waals surface area contributed by atoms with Crippen molar-refractivity contribution >= 4 is 5.97 Å². The molecule has 122 valence electrons. The van der Waals surface area contributed by atoms with Crippen molar-refractivity contribution in [2.75, 3.05) is 6.61 Å². The third kappa shape index (κ3) is 17.0. The number of hydrogen-bond donors (Lipinski definition) is 0. The molecule has 0 saturated heterocycles. The first kappa shape index (κ1) is 20.0. The van der Waals surface area contributed by atoms with E-state index in [0.29, 0.717) is 6.42 Å². The van der Waals surface area contributed by atoms with Gasteiger partial charge in [-0.3, -0.25) is 4.79 Å². The summed E-state index contributed by atoms with van der Waals surface area (Å²) < 4.78 is 4.82. The Kier molecular flexibility index (Phi) is 16.3. The molecule has 0 spiro atoms. The van der Waals surface area contributed by atoms with Crippen molar-refractivity contribution in [3.8, 4) is 12.3 Å². The standard InChI is InChI=1S/C19H34O2/c1-3-5-6-7-8-9-10-11-12-13-14-15-16-17-19(20)21-18-4-2/h2H,3,5-18H2,1H3. The number of carbonyl (C=O) groups excluding carboxylic acids is 1. The summed E-state index contributed by atoms with van der Waals surface area (Å²) in [6, 6.07) is 0. The first-order valence-electron chi connectivity index (χ1n) is 8.90. The quantitative estimate of drug-likeness (QED) is 0.222. The molecule has 0 aliphatic carbocycles. The Bertz CT molecular complexity index is 265. The van der Waals surface area contributed by atoms with Crippen molar-refractivity contribution in [1.82, 2.24) is 0 Å². The van der Waals surface area contributed by atoms with Crippen LogP contribution in [0.5, 0.6) is 0 Å². The number of unbranched alkanes of at least 4 members (excludes halogenated alkanes) is 12. The average Bonchev–Trinajstić information content (AvgIpc) is 2.49. The SMILES string of the molecule is C#CCOC(=O)CCCCCCCCCCCCCCC. The molecule has 0 heterocycles. The lowest BCUT2D eigenvalue weighted by molar-refractivity contribution is -0.142. The fourth-order valence-electron chi connectivity index (χ4n) is 2.48. The zero-order chi connectivity index (χ0) is 15.6. The molecule has 0 atom stereocenters. The average molecular weight is 294 g/mol. The van der Waals surface area contributed by atoms with Crippen LogP contribution in [0.25, 0.3) is 0 Å². The monoisotopic (exact) mass is 294 g/mol. The zero-order valence-corrected chi connectivity index (χ0v) is 14.0. The van der Waals surface area contributed by atoms with Gasteiger partial charge in [-0.05, 0) is 6.42 Å². The van der Waals surface area contributed by atoms with Crippen molar-refractivity contribution in [3.63, 3.8) is 0 Å². The van der Waals surface area contributed by atoms with Crippen LogP contribution in [0.15, 0.2) is 0 Å². The summed E-state index contributed by atoms with van der Waals surface area (Å²) in [5.74, 6) is 2.15. The van der Waals surface area contributed by atoms with Crippen molar-refractivity contribution < 1.29 is 9.53 Å². The van der Waals surface area contributed by atoms with Crippen LogP contribution in [-0.2, 0) is 9.53 Å². The zero-order valence-electron chi connectivity index (χ0n) is 14.0. The van der Waals surface area contributed by atoms with Crippen LogP contribution in [-0.4, -0.2) is 12.6 Å². The normalized spacial score (nSPS) is 10.3. The first-order chi connectivity index (χ1) is 10.3. The van der Waals surface area contributed by atoms with Crippen LogP contribution in [0.3, 0.4) is 0 Å². The van der Waals surface area contributed by atoms with E-state index in [9.17, 15) is 4.79 Å². The maximum Gasteiger partial charge on any atom is 0.306 e. The molecule has 21 heavy (non-hydrogen) atoms. The van der Waals surface area contributed by atoms with Crippen molar-refractivity contribution in [3.05, 3.63) is 0 Å². The molecule has 2 heteroatoms. The van der Waals surface area contributed by atoms with Gasteiger partial charge >= 0.3 is 5.97 Å². The molecule has 0 radical (unpaired) electrons. The predicted octanol–water partition coefficient (Wildman–Crippen LogP) is 5.64. The minimum absolute atomic E-state index is 0.108. The van der Waals surface area contributed by atoms with Gasteiger partial charge in [-0.2, -0.15) is 0 Å². The fraction of sp³-hybridized carbons (Fsp3) is 0.842. The Hall–Kier alpha value is -0.970. The van der Waals surface area contributed by atoms with Gasteiger partial charge in [0.2, 0.25) is 0 Å². The summed E-state index contributed by atoms with van der Waals surface area (Å²) in [7, 11) is 0. The van der Waals surface area contributed by atoms with Gasteiger partial charge < -0.3 is 4.74 Å². The summed E-state index contributed by atoms with van der Waals surface area (Å²) in [5, 5.41) is 0. The van der Waals surface area contributed by atoms with Crippen LogP contribution in [0.2, 0.25) is 0 Å². The van der Waals surface area contributed by atoms with Crippen molar-refractivity contribution in [2.45, 2.75) is 96.8 Å². The molecule has 0 amide bonds. The molecule has 0 aliphatic rings. The van der Waals surface area contributed by atoms with Gasteiger partial charge in [0, 0.05) is 6.42 Å². The number of carbonyl (C=O) groups is 1. The second-order valence-electron chi connectivity index (χ2n) is 5.86. The van der Waals surface area contributed by atoms with Gasteiger partial charge in [-0.1, -0.05) is 89.9 Å². The lowest BCUT2D eigenvalue weighted by Crippen LogP contribution is -2.03. The second-order valence-corrected chi connectivity index (χ2v) is 5.86. The van der Waals surface area contributed by atoms with Gasteiger partial charge in [0.15, 0.2) is 6.61 Å². The van der Waals surface area contributed by atoms with Crippen LogP contribution < -0.4 is 0 Å². The molecule has 0 aromatic heterocycles. The van der Waals surface area contributed by atoms with E-state index in [1.807, 2.05) is 0 Å². The Morgan fingerprint density at radius 3 is 1.67 bits per heavy atom. The number of ether oxygens (including phenoxy) is 1. The number of terminal acetylenes is 1. The maximum absolute atomic E-state index is 11.2. The second kappa shape index (κ2) is 17.1. The third-order valence-electron chi connectivity index (χ3n) is 3.80. The van der Waals surface area contributed by atoms with Gasteiger partial charge in [0.25, 0.3) is 0 Å². The fourth-order valence-corrected chi connectivity index (χ4v) is 2.48. The molecule has 0 aromatic carbocycles. The van der Waals surface area contributed by atoms with Gasteiger partial charge in [0.1, 0.15) is 0 Å². The Labute approximate surface area is 132 Å². The maximum atomic E-state index is 11.2. The Morgan fingerprint density at radius 1 is 0.810 bits per heavy atom. The van der Waals surface area contributed by atoms with Gasteiger partial charge in [-0.25, -0.2) is 0 Å². The largest absolute Gasteiger partial charge is 0.452 e. The molecule has 0 saturated carbocycles. The summed E-state index contributed by atoms with van der Waals surface area (Å²) in [5.41, 5.74) is 0. The van der Waals surface area contributed by atoms with Crippen molar-refractivity contribution in [2.24, 2.45) is 0 Å². The molecule has 0 rings (SSSR count). The Balaban J connectivity index is 3.06. The predicted molar refractivity (Wildman–Crippen MR) is 90.1 cm³/mol. The van der Waals surface area contributed by atoms with Crippen LogP contribution >= 0.6 is 0 Å². The van der Waals surface area contributed by atoms with Crippen LogP contribution in [0.1, 0.15) is 96.8 Å². The van der Waals surface area contributed by atoms with Gasteiger partial charge in [0.05, 0.1) is 0 Å². The highest BCUT2D eigenvalue weighted by atomic mass is 16.5. The van der Waals surface area contributed by atoms with E-state index in [2.05, 4.69) is 12.8 Å². The van der Waals surface area contributed by atoms with E-state index in [0.717, 1.165) is 12.8 Å². The van der Waals surface area contributed by atoms with Gasteiger partial charge in [-0.15, -0.1) is 6.42 Å². The van der Waals surface area contributed by atoms with E-state index in [4.69, 9.17) is 11.2 Å². The summed E-state index contributed by atoms with van der Waals surface area (Å²) in [6.45, 7) is 2.37. The lowest BCUT2D eigenvalue weighted by Gasteiger charge is -2.03. The Morgan fingerprint density at radius 2 is 1.24 bits per heavy atom. The number of esters is 1. The molecular weight excluding hydrogens is 260 g/mol. The summed E-state index contributed by atoms with van der Waals surface area (Å²) in [4.78, 5) is 11.2. The minimum atomic E-state index is -0.156. The highest BCUT2D eigenvalue weighted by Gasteiger charge is 2.01. The van der Waals surface area contributed by atoms with E-state index < -0.39 is 0 Å². The molecule has 0 unspecified atom stereocenters. The summed E-state index contributed by atoms with van der Waals surface area (Å²) in [6.07, 6.45) is 22.6.